The lowest BCUT2D eigenvalue weighted by molar-refractivity contribution is -0.121. The molecule has 1 aliphatic rings. The van der Waals surface area contributed by atoms with Crippen molar-refractivity contribution in [2.75, 3.05) is 18.0 Å². The van der Waals surface area contributed by atoms with Crippen LogP contribution in [-0.2, 0) is 4.79 Å². The number of carbonyl (C=O) groups is 1. The molecule has 0 radical (unpaired) electrons. The lowest BCUT2D eigenvalue weighted by Gasteiger charge is -2.30. The Balaban J connectivity index is 2.30. The standard InChI is InChI=1S/C15H23N3O/c1-3-17-15(19)11(2)18-10-6-8-13(16)12-7-4-5-9-14(12)18/h4-5,7,9,11,13H,3,6,8,10,16H2,1-2H3,(H,17,19). The Kier molecular flexibility index (Phi) is 4.43. The zero-order chi connectivity index (χ0) is 13.8. The van der Waals surface area contributed by atoms with Crippen LogP contribution in [0, 0.1) is 0 Å². The van der Waals surface area contributed by atoms with Crippen LogP contribution in [0.3, 0.4) is 0 Å². The van der Waals surface area contributed by atoms with Gasteiger partial charge in [0.1, 0.15) is 6.04 Å². The monoisotopic (exact) mass is 261 g/mol. The molecule has 0 saturated heterocycles. The van der Waals surface area contributed by atoms with Crippen molar-refractivity contribution in [3.8, 4) is 0 Å². The van der Waals surface area contributed by atoms with Gasteiger partial charge in [-0.05, 0) is 38.3 Å². The summed E-state index contributed by atoms with van der Waals surface area (Å²) in [5, 5.41) is 2.89. The van der Waals surface area contributed by atoms with Gasteiger partial charge < -0.3 is 16.0 Å². The summed E-state index contributed by atoms with van der Waals surface area (Å²) in [4.78, 5) is 14.2. The SMILES string of the molecule is CCNC(=O)C(C)N1CCCC(N)c2ccccc21. The molecular weight excluding hydrogens is 238 g/mol. The van der Waals surface area contributed by atoms with Crippen LogP contribution in [0.5, 0.6) is 0 Å². The third-order valence-corrected chi connectivity index (χ3v) is 3.76. The van der Waals surface area contributed by atoms with E-state index in [1.54, 1.807) is 0 Å². The van der Waals surface area contributed by atoms with Gasteiger partial charge in [0, 0.05) is 24.8 Å². The largest absolute Gasteiger partial charge is 0.360 e. The molecule has 0 aliphatic carbocycles. The molecule has 0 aromatic heterocycles. The Morgan fingerprint density at radius 3 is 3.00 bits per heavy atom. The molecule has 4 heteroatoms. The van der Waals surface area contributed by atoms with Gasteiger partial charge in [0.15, 0.2) is 0 Å². The lowest BCUT2D eigenvalue weighted by atomic mass is 10.0. The summed E-state index contributed by atoms with van der Waals surface area (Å²) >= 11 is 0. The molecule has 3 N–H and O–H groups in total. The number of rotatable bonds is 3. The van der Waals surface area contributed by atoms with Gasteiger partial charge in [-0.2, -0.15) is 0 Å². The van der Waals surface area contributed by atoms with Crippen LogP contribution in [0.2, 0.25) is 0 Å². The molecular formula is C15H23N3O. The van der Waals surface area contributed by atoms with Gasteiger partial charge in [-0.1, -0.05) is 18.2 Å². The number of nitrogens with one attached hydrogen (secondary N) is 1. The van der Waals surface area contributed by atoms with Gasteiger partial charge in [0.05, 0.1) is 0 Å². The van der Waals surface area contributed by atoms with E-state index in [0.29, 0.717) is 6.54 Å². The predicted octanol–water partition coefficient (Wildman–Crippen LogP) is 1.81. The van der Waals surface area contributed by atoms with Gasteiger partial charge >= 0.3 is 0 Å². The van der Waals surface area contributed by atoms with E-state index in [-0.39, 0.29) is 18.0 Å². The number of anilines is 1. The van der Waals surface area contributed by atoms with Crippen molar-refractivity contribution >= 4 is 11.6 Å². The maximum absolute atomic E-state index is 12.1. The van der Waals surface area contributed by atoms with Crippen molar-refractivity contribution < 1.29 is 4.79 Å². The second-order valence-electron chi connectivity index (χ2n) is 5.07. The highest BCUT2D eigenvalue weighted by molar-refractivity contribution is 5.85. The van der Waals surface area contributed by atoms with Crippen LogP contribution in [0.15, 0.2) is 24.3 Å². The molecule has 1 amide bonds. The Morgan fingerprint density at radius 1 is 1.53 bits per heavy atom. The molecule has 1 heterocycles. The van der Waals surface area contributed by atoms with Crippen LogP contribution >= 0.6 is 0 Å². The molecule has 0 fully saturated rings. The highest BCUT2D eigenvalue weighted by Gasteiger charge is 2.26. The van der Waals surface area contributed by atoms with Crippen LogP contribution in [0.1, 0.15) is 38.3 Å². The maximum atomic E-state index is 12.1. The van der Waals surface area contributed by atoms with Crippen LogP contribution in [0.4, 0.5) is 5.69 Å². The minimum absolute atomic E-state index is 0.0719. The molecule has 1 aromatic carbocycles. The number of hydrogen-bond donors (Lipinski definition) is 2. The summed E-state index contributed by atoms with van der Waals surface area (Å²) in [6.45, 7) is 5.44. The normalized spacial score (nSPS) is 20.4. The molecule has 19 heavy (non-hydrogen) atoms. The summed E-state index contributed by atoms with van der Waals surface area (Å²) in [7, 11) is 0. The Labute approximate surface area is 115 Å². The van der Waals surface area contributed by atoms with Gasteiger partial charge in [-0.3, -0.25) is 4.79 Å². The maximum Gasteiger partial charge on any atom is 0.242 e. The first-order valence-corrected chi connectivity index (χ1v) is 7.04. The topological polar surface area (TPSA) is 58.4 Å². The van der Waals surface area contributed by atoms with E-state index in [2.05, 4.69) is 22.3 Å². The van der Waals surface area contributed by atoms with Crippen molar-refractivity contribution in [1.29, 1.82) is 0 Å². The second kappa shape index (κ2) is 6.06. The second-order valence-corrected chi connectivity index (χ2v) is 5.07. The van der Waals surface area contributed by atoms with Crippen molar-refractivity contribution in [3.05, 3.63) is 29.8 Å². The van der Waals surface area contributed by atoms with E-state index in [4.69, 9.17) is 5.73 Å². The van der Waals surface area contributed by atoms with E-state index in [0.717, 1.165) is 30.6 Å². The summed E-state index contributed by atoms with van der Waals surface area (Å²) < 4.78 is 0. The van der Waals surface area contributed by atoms with E-state index in [9.17, 15) is 4.79 Å². The van der Waals surface area contributed by atoms with Crippen LogP contribution in [0.25, 0.3) is 0 Å². The van der Waals surface area contributed by atoms with E-state index in [1.165, 1.54) is 0 Å². The molecule has 0 bridgehead atoms. The van der Waals surface area contributed by atoms with Gasteiger partial charge in [-0.25, -0.2) is 0 Å². The lowest BCUT2D eigenvalue weighted by Crippen LogP contribution is -2.45. The minimum atomic E-state index is -0.161. The van der Waals surface area contributed by atoms with Crippen molar-refractivity contribution in [3.63, 3.8) is 0 Å². The highest BCUT2D eigenvalue weighted by Crippen LogP contribution is 2.32. The third-order valence-electron chi connectivity index (χ3n) is 3.76. The minimum Gasteiger partial charge on any atom is -0.360 e. The molecule has 2 atom stereocenters. The average Bonchev–Trinajstić information content (AvgIpc) is 2.58. The molecule has 2 rings (SSSR count). The molecule has 104 valence electrons. The quantitative estimate of drug-likeness (QED) is 0.872. The number of amides is 1. The van der Waals surface area contributed by atoms with Gasteiger partial charge in [-0.15, -0.1) is 0 Å². The van der Waals surface area contributed by atoms with Crippen molar-refractivity contribution in [2.24, 2.45) is 5.73 Å². The number of hydrogen-bond acceptors (Lipinski definition) is 3. The molecule has 0 spiro atoms. The molecule has 4 nitrogen and oxygen atoms in total. The predicted molar refractivity (Wildman–Crippen MR) is 78.1 cm³/mol. The number of para-hydroxylation sites is 1. The number of nitrogens with two attached hydrogens (primary N) is 1. The van der Waals surface area contributed by atoms with Gasteiger partial charge in [0.2, 0.25) is 5.91 Å². The number of fused-ring (bicyclic) bond motifs is 1. The smallest absolute Gasteiger partial charge is 0.242 e. The zero-order valence-corrected chi connectivity index (χ0v) is 11.7. The summed E-state index contributed by atoms with van der Waals surface area (Å²) in [6.07, 6.45) is 1.98. The van der Waals surface area contributed by atoms with Crippen molar-refractivity contribution in [2.45, 2.75) is 38.8 Å². The van der Waals surface area contributed by atoms with E-state index in [1.807, 2.05) is 26.0 Å². The first kappa shape index (κ1) is 13.9. The fraction of sp³-hybridized carbons (Fsp3) is 0.533. The zero-order valence-electron chi connectivity index (χ0n) is 11.7. The van der Waals surface area contributed by atoms with Gasteiger partial charge in [0.25, 0.3) is 0 Å². The first-order valence-electron chi connectivity index (χ1n) is 7.04. The van der Waals surface area contributed by atoms with E-state index >= 15 is 0 Å². The average molecular weight is 261 g/mol. The number of carbonyl (C=O) groups excluding carboxylic acids is 1. The van der Waals surface area contributed by atoms with Crippen LogP contribution < -0.4 is 16.0 Å². The highest BCUT2D eigenvalue weighted by atomic mass is 16.2. The van der Waals surface area contributed by atoms with Crippen molar-refractivity contribution in [1.82, 2.24) is 5.32 Å². The Hall–Kier alpha value is -1.55. The number of likely N-dealkylation sites (N-methyl/N-ethyl adjacent to an activating group) is 1. The van der Waals surface area contributed by atoms with Crippen LogP contribution in [-0.4, -0.2) is 25.0 Å². The number of benzene rings is 1. The summed E-state index contributed by atoms with van der Waals surface area (Å²) in [6, 6.07) is 8.07. The fourth-order valence-corrected chi connectivity index (χ4v) is 2.69. The third kappa shape index (κ3) is 2.89. The Bertz CT molecular complexity index is 447. The number of nitrogens with zero attached hydrogens (tertiary/aromatic N) is 1. The summed E-state index contributed by atoms with van der Waals surface area (Å²) in [5.74, 6) is 0.0766. The van der Waals surface area contributed by atoms with E-state index < -0.39 is 0 Å². The molecule has 0 saturated carbocycles. The first-order chi connectivity index (χ1) is 9.15. The Morgan fingerprint density at radius 2 is 2.26 bits per heavy atom. The molecule has 1 aliphatic heterocycles. The molecule has 2 unspecified atom stereocenters. The summed E-state index contributed by atoms with van der Waals surface area (Å²) in [5.41, 5.74) is 8.47. The fourth-order valence-electron chi connectivity index (χ4n) is 2.69. The molecule has 1 aromatic rings.